The van der Waals surface area contributed by atoms with E-state index >= 15 is 0 Å². The predicted molar refractivity (Wildman–Crippen MR) is 139 cm³/mol. The highest BCUT2D eigenvalue weighted by Gasteiger charge is 2.48. The van der Waals surface area contributed by atoms with Crippen molar-refractivity contribution in [1.82, 2.24) is 25.3 Å². The van der Waals surface area contributed by atoms with Gasteiger partial charge in [-0.25, -0.2) is 0 Å². The number of rotatable bonds is 10. The van der Waals surface area contributed by atoms with E-state index in [0.717, 1.165) is 53.8 Å². The SMILES string of the molecule is C=C(C)Cn1nccc1C(=O)N[C@H](C(=O)Nc1ccc(-c2c(C)n[nH]c2C)cc1)C(C1CC1)C1CC1. The van der Waals surface area contributed by atoms with Crippen LogP contribution in [0.5, 0.6) is 0 Å². The Morgan fingerprint density at radius 2 is 1.78 bits per heavy atom. The molecule has 2 saturated carbocycles. The number of anilines is 1. The van der Waals surface area contributed by atoms with E-state index in [1.54, 1.807) is 16.9 Å². The molecule has 3 N–H and O–H groups in total. The van der Waals surface area contributed by atoms with Crippen molar-refractivity contribution in [2.75, 3.05) is 5.32 Å². The normalized spacial score (nSPS) is 16.1. The smallest absolute Gasteiger partial charge is 0.270 e. The summed E-state index contributed by atoms with van der Waals surface area (Å²) in [6, 6.07) is 8.89. The molecular weight excluding hydrogens is 452 g/mol. The first-order valence-electron chi connectivity index (χ1n) is 12.7. The lowest BCUT2D eigenvalue weighted by Crippen LogP contribution is -2.50. The van der Waals surface area contributed by atoms with Crippen LogP contribution in [0.25, 0.3) is 11.1 Å². The number of nitrogens with one attached hydrogen (secondary N) is 3. The minimum atomic E-state index is -0.594. The molecule has 5 rings (SSSR count). The topological polar surface area (TPSA) is 105 Å². The fourth-order valence-corrected chi connectivity index (χ4v) is 5.27. The molecule has 0 bridgehead atoms. The summed E-state index contributed by atoms with van der Waals surface area (Å²) < 4.78 is 1.63. The fraction of sp³-hybridized carbons (Fsp3) is 0.429. The number of allylic oxidation sites excluding steroid dienone is 1. The van der Waals surface area contributed by atoms with E-state index in [2.05, 4.69) is 32.5 Å². The summed E-state index contributed by atoms with van der Waals surface area (Å²) in [4.78, 5) is 26.9. The highest BCUT2D eigenvalue weighted by atomic mass is 16.2. The van der Waals surface area contributed by atoms with Crippen LogP contribution in [0.15, 0.2) is 48.7 Å². The molecule has 2 amide bonds. The molecule has 1 atom stereocenters. The van der Waals surface area contributed by atoms with Crippen molar-refractivity contribution in [2.45, 2.75) is 59.0 Å². The molecule has 36 heavy (non-hydrogen) atoms. The van der Waals surface area contributed by atoms with Gasteiger partial charge >= 0.3 is 0 Å². The maximum Gasteiger partial charge on any atom is 0.270 e. The van der Waals surface area contributed by atoms with E-state index in [-0.39, 0.29) is 17.7 Å². The number of aromatic nitrogens is 4. The van der Waals surface area contributed by atoms with Crippen LogP contribution in [0.1, 0.15) is 54.5 Å². The van der Waals surface area contributed by atoms with Gasteiger partial charge in [0.25, 0.3) is 5.91 Å². The zero-order chi connectivity index (χ0) is 25.4. The minimum Gasteiger partial charge on any atom is -0.339 e. The Bertz CT molecular complexity index is 1250. The van der Waals surface area contributed by atoms with Crippen LogP contribution in [0.2, 0.25) is 0 Å². The second-order valence-corrected chi connectivity index (χ2v) is 10.4. The van der Waals surface area contributed by atoms with Gasteiger partial charge in [-0.2, -0.15) is 10.2 Å². The molecule has 8 nitrogen and oxygen atoms in total. The molecule has 2 aliphatic carbocycles. The molecule has 2 aromatic heterocycles. The van der Waals surface area contributed by atoms with Gasteiger partial charge in [0, 0.05) is 23.1 Å². The zero-order valence-electron chi connectivity index (χ0n) is 21.2. The van der Waals surface area contributed by atoms with Crippen molar-refractivity contribution in [1.29, 1.82) is 0 Å². The van der Waals surface area contributed by atoms with Gasteiger partial charge in [0.15, 0.2) is 0 Å². The summed E-state index contributed by atoms with van der Waals surface area (Å²) >= 11 is 0. The van der Waals surface area contributed by atoms with Crippen molar-refractivity contribution in [3.63, 3.8) is 0 Å². The van der Waals surface area contributed by atoms with Crippen LogP contribution in [-0.4, -0.2) is 37.8 Å². The average molecular weight is 487 g/mol. The van der Waals surface area contributed by atoms with Gasteiger partial charge in [-0.05, 0) is 88.0 Å². The van der Waals surface area contributed by atoms with Gasteiger partial charge in [0.2, 0.25) is 5.91 Å². The van der Waals surface area contributed by atoms with Crippen LogP contribution < -0.4 is 10.6 Å². The summed E-state index contributed by atoms with van der Waals surface area (Å²) in [5.41, 5.74) is 6.12. The van der Waals surface area contributed by atoms with Crippen LogP contribution in [0.4, 0.5) is 5.69 Å². The lowest BCUT2D eigenvalue weighted by atomic mass is 9.88. The van der Waals surface area contributed by atoms with Gasteiger partial charge in [-0.1, -0.05) is 24.3 Å². The number of H-pyrrole nitrogens is 1. The number of aromatic amines is 1. The van der Waals surface area contributed by atoms with Crippen LogP contribution in [0, 0.1) is 31.6 Å². The molecule has 0 unspecified atom stereocenters. The van der Waals surface area contributed by atoms with Crippen LogP contribution in [0.3, 0.4) is 0 Å². The number of hydrogen-bond donors (Lipinski definition) is 3. The molecule has 3 aromatic rings. The highest BCUT2D eigenvalue weighted by molar-refractivity contribution is 6.01. The molecule has 2 fully saturated rings. The Kier molecular flexibility index (Phi) is 6.51. The van der Waals surface area contributed by atoms with Gasteiger partial charge in [0.1, 0.15) is 11.7 Å². The Morgan fingerprint density at radius 3 is 2.33 bits per heavy atom. The molecule has 188 valence electrons. The predicted octanol–water partition coefficient (Wildman–Crippen LogP) is 4.64. The van der Waals surface area contributed by atoms with E-state index < -0.39 is 6.04 Å². The Labute approximate surface area is 211 Å². The number of carbonyl (C=O) groups excluding carboxylic acids is 2. The molecule has 8 heteroatoms. The van der Waals surface area contributed by atoms with Crippen LogP contribution in [-0.2, 0) is 11.3 Å². The summed E-state index contributed by atoms with van der Waals surface area (Å²) in [7, 11) is 0. The monoisotopic (exact) mass is 486 g/mol. The maximum atomic E-state index is 13.6. The van der Waals surface area contributed by atoms with Crippen molar-refractivity contribution < 1.29 is 9.59 Å². The molecule has 0 aliphatic heterocycles. The van der Waals surface area contributed by atoms with E-state index in [0.29, 0.717) is 29.8 Å². The summed E-state index contributed by atoms with van der Waals surface area (Å²) in [6.45, 7) is 10.3. The number of hydrogen-bond acceptors (Lipinski definition) is 4. The standard InChI is InChI=1S/C28H34N6O2/c1-16(2)15-34-23(13-14-29-34)27(35)31-26(25(20-5-6-20)21-7-8-21)28(36)30-22-11-9-19(10-12-22)24-17(3)32-33-18(24)4/h9-14,20-21,25-26H,1,5-8,15H2,2-4H3,(H,30,36)(H,31,35)(H,32,33)/t26-/m0/s1. The molecule has 0 saturated heterocycles. The Morgan fingerprint density at radius 1 is 1.11 bits per heavy atom. The molecular formula is C28H34N6O2. The largest absolute Gasteiger partial charge is 0.339 e. The quantitative estimate of drug-likeness (QED) is 0.363. The van der Waals surface area contributed by atoms with Crippen LogP contribution >= 0.6 is 0 Å². The molecule has 0 radical (unpaired) electrons. The van der Waals surface area contributed by atoms with E-state index in [9.17, 15) is 9.59 Å². The van der Waals surface area contributed by atoms with Crippen molar-refractivity contribution in [3.05, 3.63) is 65.8 Å². The Hall–Kier alpha value is -3.68. The fourth-order valence-electron chi connectivity index (χ4n) is 5.27. The third-order valence-electron chi connectivity index (χ3n) is 7.22. The average Bonchev–Trinajstić information content (AvgIpc) is 3.77. The summed E-state index contributed by atoms with van der Waals surface area (Å²) in [5, 5.41) is 17.7. The second-order valence-electron chi connectivity index (χ2n) is 10.4. The lowest BCUT2D eigenvalue weighted by Gasteiger charge is -2.27. The molecule has 2 heterocycles. The van der Waals surface area contributed by atoms with Crippen molar-refractivity contribution in [3.8, 4) is 11.1 Å². The Balaban J connectivity index is 1.35. The first-order valence-corrected chi connectivity index (χ1v) is 12.7. The first kappa shape index (κ1) is 24.0. The van der Waals surface area contributed by atoms with Crippen molar-refractivity contribution >= 4 is 17.5 Å². The number of benzene rings is 1. The number of nitrogens with zero attached hydrogens (tertiary/aromatic N) is 3. The molecule has 2 aliphatic rings. The number of aryl methyl sites for hydroxylation is 2. The van der Waals surface area contributed by atoms with Crippen molar-refractivity contribution in [2.24, 2.45) is 17.8 Å². The first-order chi connectivity index (χ1) is 17.3. The van der Waals surface area contributed by atoms with Gasteiger partial charge in [-0.15, -0.1) is 0 Å². The molecule has 0 spiro atoms. The van der Waals surface area contributed by atoms with E-state index in [1.165, 1.54) is 0 Å². The van der Waals surface area contributed by atoms with Gasteiger partial charge in [-0.3, -0.25) is 19.4 Å². The van der Waals surface area contributed by atoms with E-state index in [4.69, 9.17) is 0 Å². The van der Waals surface area contributed by atoms with E-state index in [1.807, 2.05) is 45.0 Å². The summed E-state index contributed by atoms with van der Waals surface area (Å²) in [5.74, 6) is 0.691. The molecule has 1 aromatic carbocycles. The summed E-state index contributed by atoms with van der Waals surface area (Å²) in [6.07, 6.45) is 6.08. The maximum absolute atomic E-state index is 13.6. The zero-order valence-corrected chi connectivity index (χ0v) is 21.2. The van der Waals surface area contributed by atoms with Gasteiger partial charge < -0.3 is 10.6 Å². The third-order valence-corrected chi connectivity index (χ3v) is 7.22. The van der Waals surface area contributed by atoms with Gasteiger partial charge in [0.05, 0.1) is 12.2 Å². The number of amides is 2. The third kappa shape index (κ3) is 5.12. The second kappa shape index (κ2) is 9.76. The minimum absolute atomic E-state index is 0.155. The number of carbonyl (C=O) groups is 2. The lowest BCUT2D eigenvalue weighted by molar-refractivity contribution is -0.119. The highest BCUT2D eigenvalue weighted by Crippen LogP contribution is 2.51.